The zero-order valence-corrected chi connectivity index (χ0v) is 17.3. The van der Waals surface area contributed by atoms with Crippen LogP contribution in [-0.2, 0) is 6.61 Å². The van der Waals surface area contributed by atoms with Crippen LogP contribution in [0.2, 0.25) is 0 Å². The van der Waals surface area contributed by atoms with Crippen LogP contribution in [0.3, 0.4) is 0 Å². The number of hydrogen-bond acceptors (Lipinski definition) is 4. The van der Waals surface area contributed by atoms with Crippen LogP contribution in [0.5, 0.6) is 5.75 Å². The highest BCUT2D eigenvalue weighted by molar-refractivity contribution is 7.12. The summed E-state index contributed by atoms with van der Waals surface area (Å²) in [5.41, 5.74) is 3.15. The molecule has 158 valence electrons. The van der Waals surface area contributed by atoms with E-state index in [0.29, 0.717) is 11.5 Å². The number of carbonyl (C=O) groups excluding carboxylic acids is 1. The van der Waals surface area contributed by atoms with Crippen LogP contribution in [0.4, 0.5) is 19.0 Å². The molecule has 1 aromatic carbocycles. The number of ether oxygens (including phenoxy) is 1. The molecule has 0 saturated heterocycles. The van der Waals surface area contributed by atoms with E-state index >= 15 is 0 Å². The van der Waals surface area contributed by atoms with E-state index in [4.69, 9.17) is 4.74 Å². The Hall–Kier alpha value is -2.81. The molecule has 0 fully saturated rings. The highest BCUT2D eigenvalue weighted by Gasteiger charge is 2.45. The zero-order valence-electron chi connectivity index (χ0n) is 16.4. The second-order valence-electron chi connectivity index (χ2n) is 7.29. The first kappa shape index (κ1) is 20.5. The van der Waals surface area contributed by atoms with Crippen LogP contribution >= 0.6 is 11.3 Å². The van der Waals surface area contributed by atoms with Gasteiger partial charge in [0.1, 0.15) is 18.2 Å². The first-order chi connectivity index (χ1) is 14.2. The van der Waals surface area contributed by atoms with Gasteiger partial charge in [0.05, 0.1) is 11.1 Å². The molecule has 0 aliphatic carbocycles. The van der Waals surface area contributed by atoms with E-state index in [2.05, 4.69) is 5.10 Å². The Morgan fingerprint density at radius 3 is 2.77 bits per heavy atom. The van der Waals surface area contributed by atoms with Gasteiger partial charge in [0.15, 0.2) is 6.04 Å². The summed E-state index contributed by atoms with van der Waals surface area (Å²) in [7, 11) is 0. The van der Waals surface area contributed by atoms with Crippen molar-refractivity contribution in [2.45, 2.75) is 39.1 Å². The molecule has 1 unspecified atom stereocenters. The van der Waals surface area contributed by atoms with Crippen molar-refractivity contribution in [1.82, 2.24) is 9.78 Å². The molecule has 2 aromatic heterocycles. The number of halogens is 3. The molecule has 1 amide bonds. The van der Waals surface area contributed by atoms with E-state index in [0.717, 1.165) is 21.6 Å². The molecule has 1 atom stereocenters. The number of hydrogen-bond donors (Lipinski definition) is 0. The predicted octanol–water partition coefficient (Wildman–Crippen LogP) is 5.29. The largest absolute Gasteiger partial charge is 0.489 e. The van der Waals surface area contributed by atoms with Gasteiger partial charge in [-0.2, -0.15) is 18.3 Å². The third-order valence-electron chi connectivity index (χ3n) is 5.22. The fraction of sp³-hybridized carbons (Fsp3) is 0.333. The average molecular weight is 435 g/mol. The molecular formula is C21H20F3N3O2S. The molecule has 1 aliphatic heterocycles. The first-order valence-electron chi connectivity index (χ1n) is 9.43. The lowest BCUT2D eigenvalue weighted by Gasteiger charge is -2.33. The lowest BCUT2D eigenvalue weighted by molar-refractivity contribution is -0.172. The lowest BCUT2D eigenvalue weighted by Crippen LogP contribution is -2.42. The first-order valence-corrected chi connectivity index (χ1v) is 10.3. The van der Waals surface area contributed by atoms with Crippen molar-refractivity contribution in [3.63, 3.8) is 0 Å². The van der Waals surface area contributed by atoms with Crippen LogP contribution in [0, 0.1) is 13.8 Å². The number of benzene rings is 1. The van der Waals surface area contributed by atoms with Gasteiger partial charge >= 0.3 is 6.18 Å². The molecule has 3 aromatic rings. The van der Waals surface area contributed by atoms with Crippen LogP contribution in [0.15, 0.2) is 41.9 Å². The third kappa shape index (κ3) is 3.94. The van der Waals surface area contributed by atoms with Crippen LogP contribution in [-0.4, -0.2) is 28.4 Å². The minimum atomic E-state index is -4.41. The monoisotopic (exact) mass is 435 g/mol. The van der Waals surface area contributed by atoms with Crippen molar-refractivity contribution >= 4 is 23.1 Å². The van der Waals surface area contributed by atoms with Crippen LogP contribution in [0.1, 0.15) is 38.8 Å². The van der Waals surface area contributed by atoms with Gasteiger partial charge in [-0.1, -0.05) is 6.07 Å². The Morgan fingerprint density at radius 1 is 1.23 bits per heavy atom. The summed E-state index contributed by atoms with van der Waals surface area (Å²) in [6.45, 7) is 4.33. The van der Waals surface area contributed by atoms with E-state index in [9.17, 15) is 18.0 Å². The predicted molar refractivity (Wildman–Crippen MR) is 108 cm³/mol. The van der Waals surface area contributed by atoms with Gasteiger partial charge in [0, 0.05) is 18.2 Å². The van der Waals surface area contributed by atoms with E-state index in [1.54, 1.807) is 6.07 Å². The summed E-state index contributed by atoms with van der Waals surface area (Å²) in [6.07, 6.45) is -3.34. The van der Waals surface area contributed by atoms with Crippen molar-refractivity contribution in [1.29, 1.82) is 0 Å². The van der Waals surface area contributed by atoms with Crippen molar-refractivity contribution in [3.05, 3.63) is 63.5 Å². The number of fused-ring (bicyclic) bond motifs is 1. The minimum Gasteiger partial charge on any atom is -0.489 e. The highest BCUT2D eigenvalue weighted by Crippen LogP contribution is 2.39. The number of thiophene rings is 1. The smallest absolute Gasteiger partial charge is 0.410 e. The van der Waals surface area contributed by atoms with Gasteiger partial charge < -0.3 is 4.74 Å². The van der Waals surface area contributed by atoms with Gasteiger partial charge in [0.25, 0.3) is 5.91 Å². The summed E-state index contributed by atoms with van der Waals surface area (Å²) < 4.78 is 46.4. The van der Waals surface area contributed by atoms with Crippen molar-refractivity contribution in [3.8, 4) is 5.75 Å². The molecule has 1 aliphatic rings. The number of aromatic nitrogens is 2. The summed E-state index contributed by atoms with van der Waals surface area (Å²) >= 11 is 1.25. The molecule has 0 N–H and O–H groups in total. The number of amides is 1. The Balaban J connectivity index is 1.47. The topological polar surface area (TPSA) is 47.4 Å². The summed E-state index contributed by atoms with van der Waals surface area (Å²) in [5, 5.41) is 5.63. The van der Waals surface area contributed by atoms with E-state index in [-0.39, 0.29) is 24.7 Å². The highest BCUT2D eigenvalue weighted by atomic mass is 32.1. The van der Waals surface area contributed by atoms with Gasteiger partial charge in [0.2, 0.25) is 0 Å². The molecule has 9 heteroatoms. The molecule has 4 rings (SSSR count). The summed E-state index contributed by atoms with van der Waals surface area (Å²) in [5.74, 6) is 0.574. The molecule has 5 nitrogen and oxygen atoms in total. The maximum Gasteiger partial charge on any atom is 0.410 e. The minimum absolute atomic E-state index is 0.0128. The Bertz CT molecular complexity index is 1070. The number of rotatable bonds is 4. The Labute approximate surface area is 175 Å². The van der Waals surface area contributed by atoms with Crippen molar-refractivity contribution in [2.24, 2.45) is 0 Å². The maximum atomic E-state index is 13.2. The molecule has 0 radical (unpaired) electrons. The number of aryl methyl sites for hydroxylation is 2. The third-order valence-corrected chi connectivity index (χ3v) is 6.19. The lowest BCUT2D eigenvalue weighted by atomic mass is 10.1. The van der Waals surface area contributed by atoms with Gasteiger partial charge in [-0.3, -0.25) is 9.69 Å². The van der Waals surface area contributed by atoms with Crippen LogP contribution in [0.25, 0.3) is 0 Å². The Kier molecular flexibility index (Phi) is 5.31. The molecule has 0 bridgehead atoms. The SMILES string of the molecule is Cc1ccc(OCc2csc(C(=O)N3CCC(C(F)(F)F)n4nccc43)c2)cc1C. The summed E-state index contributed by atoms with van der Waals surface area (Å²) in [6, 6.07) is 7.29. The number of alkyl halides is 3. The number of nitrogens with zero attached hydrogens (tertiary/aromatic N) is 3. The fourth-order valence-corrected chi connectivity index (χ4v) is 4.27. The number of anilines is 1. The van der Waals surface area contributed by atoms with E-state index < -0.39 is 12.2 Å². The standard InChI is InChI=1S/C21H20F3N3O2S/c1-13-3-4-16(9-14(13)2)29-11-15-10-17(30-12-15)20(28)26-8-6-18(21(22,23)24)27-19(26)5-7-25-27/h3-5,7,9-10,12,18H,6,8,11H2,1-2H3. The van der Waals surface area contributed by atoms with E-state index in [1.807, 2.05) is 37.4 Å². The second-order valence-corrected chi connectivity index (χ2v) is 8.20. The van der Waals surface area contributed by atoms with Crippen LogP contribution < -0.4 is 9.64 Å². The van der Waals surface area contributed by atoms with Gasteiger partial charge in [-0.15, -0.1) is 11.3 Å². The quantitative estimate of drug-likeness (QED) is 0.559. The van der Waals surface area contributed by atoms with Crippen molar-refractivity contribution < 1.29 is 22.7 Å². The van der Waals surface area contributed by atoms with E-state index in [1.165, 1.54) is 34.1 Å². The number of carbonyl (C=O) groups is 1. The summed E-state index contributed by atoms with van der Waals surface area (Å²) in [4.78, 5) is 14.8. The van der Waals surface area contributed by atoms with Crippen molar-refractivity contribution in [2.75, 3.05) is 11.4 Å². The molecular weight excluding hydrogens is 415 g/mol. The Morgan fingerprint density at radius 2 is 2.03 bits per heavy atom. The van der Waals surface area contributed by atoms with Gasteiger partial charge in [-0.05, 0) is 55.0 Å². The van der Waals surface area contributed by atoms with Gasteiger partial charge in [-0.25, -0.2) is 4.68 Å². The molecule has 0 spiro atoms. The maximum absolute atomic E-state index is 13.2. The zero-order chi connectivity index (χ0) is 21.5. The normalized spacial score (nSPS) is 16.4. The fourth-order valence-electron chi connectivity index (χ4n) is 3.42. The molecule has 0 saturated carbocycles. The molecule has 30 heavy (non-hydrogen) atoms. The molecule has 3 heterocycles. The average Bonchev–Trinajstić information content (AvgIpc) is 3.36. The second kappa shape index (κ2) is 7.79.